The molecule has 1 saturated carbocycles. The van der Waals surface area contributed by atoms with E-state index in [2.05, 4.69) is 31.5 Å². The van der Waals surface area contributed by atoms with Crippen molar-refractivity contribution in [2.24, 2.45) is 0 Å². The van der Waals surface area contributed by atoms with E-state index in [0.29, 0.717) is 16.6 Å². The Labute approximate surface area is 138 Å². The predicted molar refractivity (Wildman–Crippen MR) is 84.5 cm³/mol. The SMILES string of the molecule is CNc1c(C(=O)NC2CC2)cnc2cc(C(F)(F)F)c(Br)cc12. The lowest BCUT2D eigenvalue weighted by Crippen LogP contribution is -2.26. The molecule has 0 saturated heterocycles. The Bertz CT molecular complexity index is 788. The van der Waals surface area contributed by atoms with Crippen molar-refractivity contribution in [1.29, 1.82) is 0 Å². The Morgan fingerprint density at radius 1 is 1.35 bits per heavy atom. The summed E-state index contributed by atoms with van der Waals surface area (Å²) in [6, 6.07) is 2.50. The molecule has 4 nitrogen and oxygen atoms in total. The number of rotatable bonds is 3. The molecule has 1 heterocycles. The number of nitrogens with zero attached hydrogens (tertiary/aromatic N) is 1. The molecule has 122 valence electrons. The highest BCUT2D eigenvalue weighted by Gasteiger charge is 2.34. The zero-order valence-corrected chi connectivity index (χ0v) is 13.7. The first-order chi connectivity index (χ1) is 10.8. The number of amides is 1. The predicted octanol–water partition coefficient (Wildman–Crippen LogP) is 3.95. The van der Waals surface area contributed by atoms with Crippen molar-refractivity contribution in [3.63, 3.8) is 0 Å². The average Bonchev–Trinajstić information content (AvgIpc) is 3.28. The molecule has 0 unspecified atom stereocenters. The van der Waals surface area contributed by atoms with Crippen LogP contribution in [0.3, 0.4) is 0 Å². The molecule has 0 spiro atoms. The number of nitrogens with one attached hydrogen (secondary N) is 2. The summed E-state index contributed by atoms with van der Waals surface area (Å²) in [6.07, 6.45) is -1.28. The number of benzene rings is 1. The highest BCUT2D eigenvalue weighted by atomic mass is 79.9. The minimum atomic E-state index is -4.48. The summed E-state index contributed by atoms with van der Waals surface area (Å²) in [5, 5.41) is 6.20. The first-order valence-electron chi connectivity index (χ1n) is 6.99. The molecule has 1 amide bonds. The zero-order valence-electron chi connectivity index (χ0n) is 12.1. The van der Waals surface area contributed by atoms with Gasteiger partial charge in [0.25, 0.3) is 5.91 Å². The summed E-state index contributed by atoms with van der Waals surface area (Å²) in [6.45, 7) is 0. The summed E-state index contributed by atoms with van der Waals surface area (Å²) in [5.74, 6) is -0.276. The van der Waals surface area contributed by atoms with E-state index in [4.69, 9.17) is 0 Å². The molecule has 0 radical (unpaired) electrons. The van der Waals surface area contributed by atoms with Crippen molar-refractivity contribution in [3.05, 3.63) is 33.9 Å². The second kappa shape index (κ2) is 5.67. The summed E-state index contributed by atoms with van der Waals surface area (Å²) in [4.78, 5) is 16.3. The Hall–Kier alpha value is -1.83. The summed E-state index contributed by atoms with van der Waals surface area (Å²) in [7, 11) is 1.62. The lowest BCUT2D eigenvalue weighted by Gasteiger charge is -2.15. The van der Waals surface area contributed by atoms with E-state index in [-0.39, 0.29) is 21.9 Å². The van der Waals surface area contributed by atoms with Crippen molar-refractivity contribution >= 4 is 38.4 Å². The van der Waals surface area contributed by atoms with Gasteiger partial charge >= 0.3 is 6.18 Å². The van der Waals surface area contributed by atoms with E-state index in [1.165, 1.54) is 12.3 Å². The van der Waals surface area contributed by atoms with Gasteiger partial charge in [0.05, 0.1) is 22.3 Å². The fourth-order valence-electron chi connectivity index (χ4n) is 2.36. The first-order valence-corrected chi connectivity index (χ1v) is 7.78. The fourth-order valence-corrected chi connectivity index (χ4v) is 2.93. The highest BCUT2D eigenvalue weighted by molar-refractivity contribution is 9.10. The summed E-state index contributed by atoms with van der Waals surface area (Å²) < 4.78 is 38.9. The van der Waals surface area contributed by atoms with Gasteiger partial charge in [-0.25, -0.2) is 0 Å². The van der Waals surface area contributed by atoms with Crippen LogP contribution < -0.4 is 10.6 Å². The average molecular weight is 388 g/mol. The van der Waals surface area contributed by atoms with E-state index in [9.17, 15) is 18.0 Å². The Kier molecular flexibility index (Phi) is 3.95. The third-order valence-corrected chi connectivity index (χ3v) is 4.33. The topological polar surface area (TPSA) is 54.0 Å². The van der Waals surface area contributed by atoms with Crippen molar-refractivity contribution in [1.82, 2.24) is 10.3 Å². The Morgan fingerprint density at radius 2 is 2.04 bits per heavy atom. The van der Waals surface area contributed by atoms with Gasteiger partial charge in [-0.1, -0.05) is 15.9 Å². The van der Waals surface area contributed by atoms with Crippen molar-refractivity contribution in [2.45, 2.75) is 25.1 Å². The largest absolute Gasteiger partial charge is 0.417 e. The monoisotopic (exact) mass is 387 g/mol. The number of aromatic nitrogens is 1. The third kappa shape index (κ3) is 3.12. The quantitative estimate of drug-likeness (QED) is 0.838. The minimum Gasteiger partial charge on any atom is -0.387 e. The second-order valence-electron chi connectivity index (χ2n) is 5.39. The van der Waals surface area contributed by atoms with E-state index in [1.54, 1.807) is 7.05 Å². The van der Waals surface area contributed by atoms with Crippen LogP contribution in [0, 0.1) is 0 Å². The molecule has 1 aromatic carbocycles. The van der Waals surface area contributed by atoms with Crippen molar-refractivity contribution in [3.8, 4) is 0 Å². The van der Waals surface area contributed by atoms with E-state index >= 15 is 0 Å². The smallest absolute Gasteiger partial charge is 0.387 e. The van der Waals surface area contributed by atoms with Crippen LogP contribution in [-0.4, -0.2) is 24.0 Å². The summed E-state index contributed by atoms with van der Waals surface area (Å²) in [5.41, 5.74) is 0.156. The molecule has 2 aromatic rings. The maximum Gasteiger partial charge on any atom is 0.417 e. The number of carbonyl (C=O) groups is 1. The van der Waals surface area contributed by atoms with Gasteiger partial charge in [0.1, 0.15) is 0 Å². The molecule has 1 fully saturated rings. The zero-order chi connectivity index (χ0) is 16.8. The molecular formula is C15H13BrF3N3O. The van der Waals surface area contributed by atoms with Crippen LogP contribution in [0.5, 0.6) is 0 Å². The number of fused-ring (bicyclic) bond motifs is 1. The lowest BCUT2D eigenvalue weighted by atomic mass is 10.1. The number of hydrogen-bond acceptors (Lipinski definition) is 3. The van der Waals surface area contributed by atoms with Gasteiger partial charge < -0.3 is 10.6 Å². The lowest BCUT2D eigenvalue weighted by molar-refractivity contribution is -0.138. The van der Waals surface area contributed by atoms with Gasteiger partial charge in [0.2, 0.25) is 0 Å². The Morgan fingerprint density at radius 3 is 2.61 bits per heavy atom. The van der Waals surface area contributed by atoms with Crippen LogP contribution >= 0.6 is 15.9 Å². The highest BCUT2D eigenvalue weighted by Crippen LogP contribution is 2.39. The number of anilines is 1. The summed E-state index contributed by atoms with van der Waals surface area (Å²) >= 11 is 2.95. The standard InChI is InChI=1S/C15H13BrF3N3O/c1-20-13-8-4-11(16)10(15(17,18)19)5-12(8)21-6-9(13)14(23)22-7-2-3-7/h4-7H,2-3H2,1H3,(H,20,21)(H,22,23). The minimum absolute atomic E-state index is 0.0875. The molecule has 1 aliphatic rings. The molecule has 0 atom stereocenters. The van der Waals surface area contributed by atoms with E-state index in [1.807, 2.05) is 0 Å². The van der Waals surface area contributed by atoms with Crippen molar-refractivity contribution in [2.75, 3.05) is 12.4 Å². The number of alkyl halides is 3. The van der Waals surface area contributed by atoms with Crippen molar-refractivity contribution < 1.29 is 18.0 Å². The second-order valence-corrected chi connectivity index (χ2v) is 6.25. The third-order valence-electron chi connectivity index (χ3n) is 3.67. The van der Waals surface area contributed by atoms with Gasteiger partial charge in [0, 0.05) is 29.1 Å². The molecule has 3 rings (SSSR count). The van der Waals surface area contributed by atoms with Gasteiger partial charge in [-0.05, 0) is 25.0 Å². The van der Waals surface area contributed by atoms with Crippen LogP contribution in [-0.2, 0) is 6.18 Å². The number of carbonyl (C=O) groups excluding carboxylic acids is 1. The van der Waals surface area contributed by atoms with Crippen LogP contribution in [0.4, 0.5) is 18.9 Å². The number of pyridine rings is 1. The van der Waals surface area contributed by atoms with E-state index in [0.717, 1.165) is 18.9 Å². The van der Waals surface area contributed by atoms with Crippen LogP contribution in [0.25, 0.3) is 10.9 Å². The normalized spacial score (nSPS) is 14.8. The first kappa shape index (κ1) is 16.0. The maximum atomic E-state index is 13.0. The number of hydrogen-bond donors (Lipinski definition) is 2. The molecule has 8 heteroatoms. The van der Waals surface area contributed by atoms with Gasteiger partial charge in [-0.15, -0.1) is 0 Å². The van der Waals surface area contributed by atoms with Crippen LogP contribution in [0.15, 0.2) is 22.8 Å². The Balaban J connectivity index is 2.13. The molecule has 0 aliphatic heterocycles. The van der Waals surface area contributed by atoms with Gasteiger partial charge in [-0.2, -0.15) is 13.2 Å². The van der Waals surface area contributed by atoms with Crippen LogP contribution in [0.2, 0.25) is 0 Å². The number of halogens is 4. The molecule has 1 aromatic heterocycles. The van der Waals surface area contributed by atoms with Gasteiger partial charge in [0.15, 0.2) is 0 Å². The van der Waals surface area contributed by atoms with E-state index < -0.39 is 11.7 Å². The van der Waals surface area contributed by atoms with Crippen LogP contribution in [0.1, 0.15) is 28.8 Å². The van der Waals surface area contributed by atoms with Gasteiger partial charge in [-0.3, -0.25) is 9.78 Å². The molecule has 2 N–H and O–H groups in total. The molecule has 1 aliphatic carbocycles. The molecule has 0 bridgehead atoms. The maximum absolute atomic E-state index is 13.0. The molecular weight excluding hydrogens is 375 g/mol. The fraction of sp³-hybridized carbons (Fsp3) is 0.333. The molecule has 23 heavy (non-hydrogen) atoms.